The van der Waals surface area contributed by atoms with Gasteiger partial charge in [-0.2, -0.15) is 4.98 Å². The van der Waals surface area contributed by atoms with Crippen LogP contribution in [0.1, 0.15) is 19.9 Å². The molecular weight excluding hydrogens is 368 g/mol. The second-order valence-electron chi connectivity index (χ2n) is 6.64. The van der Waals surface area contributed by atoms with Gasteiger partial charge in [0, 0.05) is 19.3 Å². The first-order valence-corrected chi connectivity index (χ1v) is 9.27. The number of hydrogen-bond donors (Lipinski definition) is 2. The van der Waals surface area contributed by atoms with Crippen LogP contribution >= 0.6 is 0 Å². The van der Waals surface area contributed by atoms with E-state index in [-0.39, 0.29) is 6.04 Å². The fraction of sp³-hybridized carbons (Fsp3) is 0.250. The highest BCUT2D eigenvalue weighted by atomic mass is 16.5. The summed E-state index contributed by atoms with van der Waals surface area (Å²) in [5.74, 6) is 2.44. The maximum Gasteiger partial charge on any atom is 0.229 e. The van der Waals surface area contributed by atoms with Gasteiger partial charge in [0.05, 0.1) is 19.0 Å². The van der Waals surface area contributed by atoms with Crippen LogP contribution in [-0.2, 0) is 0 Å². The molecule has 9 heteroatoms. The zero-order chi connectivity index (χ0) is 20.4. The Morgan fingerprint density at radius 2 is 1.83 bits per heavy atom. The van der Waals surface area contributed by atoms with E-state index in [1.807, 2.05) is 34.9 Å². The summed E-state index contributed by atoms with van der Waals surface area (Å²) < 4.78 is 7.44. The molecule has 29 heavy (non-hydrogen) atoms. The molecule has 0 aliphatic heterocycles. The highest BCUT2D eigenvalue weighted by Crippen LogP contribution is 2.29. The van der Waals surface area contributed by atoms with Crippen molar-refractivity contribution in [1.82, 2.24) is 29.5 Å². The first-order valence-electron chi connectivity index (χ1n) is 9.27. The van der Waals surface area contributed by atoms with Gasteiger partial charge in [-0.15, -0.1) is 0 Å². The Hall–Kier alpha value is -3.75. The number of anilines is 3. The van der Waals surface area contributed by atoms with Crippen molar-refractivity contribution in [2.45, 2.75) is 19.9 Å². The Balaban J connectivity index is 1.81. The minimum atomic E-state index is 0.122. The molecule has 9 nitrogen and oxygen atoms in total. The molecule has 0 aliphatic rings. The predicted molar refractivity (Wildman–Crippen MR) is 113 cm³/mol. The van der Waals surface area contributed by atoms with E-state index in [2.05, 4.69) is 39.4 Å². The largest absolute Gasteiger partial charge is 0.495 e. The molecule has 4 rings (SSSR count). The second-order valence-corrected chi connectivity index (χ2v) is 6.64. The van der Waals surface area contributed by atoms with Crippen LogP contribution in [0.25, 0.3) is 22.7 Å². The third kappa shape index (κ3) is 3.54. The summed E-state index contributed by atoms with van der Waals surface area (Å²) in [7, 11) is 3.41. The summed E-state index contributed by atoms with van der Waals surface area (Å²) in [4.78, 5) is 22.6. The molecule has 0 radical (unpaired) electrons. The van der Waals surface area contributed by atoms with Crippen LogP contribution in [0.5, 0.6) is 5.75 Å². The number of para-hydroxylation sites is 2. The average Bonchev–Trinajstić information content (AvgIpc) is 3.13. The van der Waals surface area contributed by atoms with Gasteiger partial charge in [-0.05, 0) is 32.0 Å². The highest BCUT2D eigenvalue weighted by Gasteiger charge is 2.19. The quantitative estimate of drug-likeness (QED) is 0.514. The van der Waals surface area contributed by atoms with Crippen molar-refractivity contribution in [3.63, 3.8) is 0 Å². The number of nitrogens with one attached hydrogen (secondary N) is 2. The van der Waals surface area contributed by atoms with E-state index in [4.69, 9.17) is 14.7 Å². The molecule has 0 aliphatic carbocycles. The molecule has 4 aromatic rings. The zero-order valence-electron chi connectivity index (χ0n) is 16.7. The van der Waals surface area contributed by atoms with Crippen LogP contribution in [0.4, 0.5) is 17.6 Å². The van der Waals surface area contributed by atoms with Crippen molar-refractivity contribution in [3.05, 3.63) is 42.7 Å². The van der Waals surface area contributed by atoms with Crippen molar-refractivity contribution in [1.29, 1.82) is 0 Å². The first kappa shape index (κ1) is 18.6. The van der Waals surface area contributed by atoms with Gasteiger partial charge in [-0.1, -0.05) is 12.1 Å². The summed E-state index contributed by atoms with van der Waals surface area (Å²) in [6.07, 6.45) is 3.42. The van der Waals surface area contributed by atoms with Crippen LogP contribution in [-0.4, -0.2) is 43.6 Å². The minimum absolute atomic E-state index is 0.122. The van der Waals surface area contributed by atoms with Crippen molar-refractivity contribution < 1.29 is 4.74 Å². The average molecular weight is 390 g/mol. The first-order chi connectivity index (χ1) is 14.1. The van der Waals surface area contributed by atoms with E-state index in [0.29, 0.717) is 17.4 Å². The third-order valence-electron chi connectivity index (χ3n) is 4.41. The topological polar surface area (TPSA) is 103 Å². The number of rotatable bonds is 6. The van der Waals surface area contributed by atoms with Gasteiger partial charge in [-0.3, -0.25) is 0 Å². The molecule has 0 spiro atoms. The summed E-state index contributed by atoms with van der Waals surface area (Å²) in [6.45, 7) is 4.17. The number of fused-ring (bicyclic) bond motifs is 1. The van der Waals surface area contributed by atoms with E-state index in [0.717, 1.165) is 28.6 Å². The number of aromatic nitrogens is 6. The summed E-state index contributed by atoms with van der Waals surface area (Å²) in [5.41, 5.74) is 2.94. The Kier molecular flexibility index (Phi) is 4.94. The number of benzene rings is 1. The van der Waals surface area contributed by atoms with Crippen LogP contribution in [0.2, 0.25) is 0 Å². The molecular formula is C20H22N8O. The van der Waals surface area contributed by atoms with Crippen molar-refractivity contribution in [3.8, 4) is 17.3 Å². The van der Waals surface area contributed by atoms with Gasteiger partial charge < -0.3 is 19.9 Å². The Morgan fingerprint density at radius 1 is 1.00 bits per heavy atom. The number of nitrogens with zero attached hydrogens (tertiary/aromatic N) is 6. The summed E-state index contributed by atoms with van der Waals surface area (Å²) >= 11 is 0. The number of imidazole rings is 1. The second kappa shape index (κ2) is 7.70. The molecule has 3 heterocycles. The molecule has 2 N–H and O–H groups in total. The van der Waals surface area contributed by atoms with Crippen LogP contribution in [0, 0.1) is 0 Å². The molecule has 0 unspecified atom stereocenters. The van der Waals surface area contributed by atoms with Crippen LogP contribution in [0.3, 0.4) is 0 Å². The highest BCUT2D eigenvalue weighted by molar-refractivity contribution is 5.78. The van der Waals surface area contributed by atoms with Crippen LogP contribution in [0.15, 0.2) is 42.7 Å². The maximum absolute atomic E-state index is 5.40. The molecule has 0 saturated carbocycles. The normalized spacial score (nSPS) is 11.1. The predicted octanol–water partition coefficient (Wildman–Crippen LogP) is 3.66. The zero-order valence-corrected chi connectivity index (χ0v) is 16.7. The van der Waals surface area contributed by atoms with Gasteiger partial charge in [-0.25, -0.2) is 19.9 Å². The van der Waals surface area contributed by atoms with Crippen molar-refractivity contribution in [2.24, 2.45) is 0 Å². The summed E-state index contributed by atoms with van der Waals surface area (Å²) in [6, 6.07) is 9.59. The van der Waals surface area contributed by atoms with E-state index in [1.54, 1.807) is 26.6 Å². The number of methoxy groups -OCH3 is 1. The third-order valence-corrected chi connectivity index (χ3v) is 4.41. The van der Waals surface area contributed by atoms with E-state index < -0.39 is 0 Å². The lowest BCUT2D eigenvalue weighted by Gasteiger charge is -2.13. The molecule has 148 valence electrons. The lowest BCUT2D eigenvalue weighted by Crippen LogP contribution is -2.07. The molecule has 0 amide bonds. The monoisotopic (exact) mass is 390 g/mol. The fourth-order valence-corrected chi connectivity index (χ4v) is 3.09. The molecule has 0 bridgehead atoms. The Labute approximate surface area is 168 Å². The van der Waals surface area contributed by atoms with Gasteiger partial charge in [0.2, 0.25) is 11.9 Å². The lowest BCUT2D eigenvalue weighted by molar-refractivity contribution is 0.417. The fourth-order valence-electron chi connectivity index (χ4n) is 3.09. The Bertz CT molecular complexity index is 1150. The van der Waals surface area contributed by atoms with Gasteiger partial charge >= 0.3 is 0 Å². The van der Waals surface area contributed by atoms with E-state index in [9.17, 15) is 0 Å². The SMILES string of the molecule is CNc1nccc(-c2nc3cnc(Nc4ccccc4OC)nc3n2C(C)C)n1. The van der Waals surface area contributed by atoms with Crippen molar-refractivity contribution >= 4 is 28.7 Å². The van der Waals surface area contributed by atoms with E-state index >= 15 is 0 Å². The van der Waals surface area contributed by atoms with Gasteiger partial charge in [0.25, 0.3) is 0 Å². The molecule has 0 fully saturated rings. The van der Waals surface area contributed by atoms with Crippen LogP contribution < -0.4 is 15.4 Å². The molecule has 3 aromatic heterocycles. The summed E-state index contributed by atoms with van der Waals surface area (Å²) in [5, 5.41) is 6.18. The van der Waals surface area contributed by atoms with Crippen molar-refractivity contribution in [2.75, 3.05) is 24.8 Å². The molecule has 0 atom stereocenters. The lowest BCUT2D eigenvalue weighted by atomic mass is 10.3. The molecule has 0 saturated heterocycles. The maximum atomic E-state index is 5.40. The number of hydrogen-bond acceptors (Lipinski definition) is 8. The minimum Gasteiger partial charge on any atom is -0.495 e. The number of ether oxygens (including phenoxy) is 1. The standard InChI is InChI=1S/C20H22N8O/c1-12(2)28-17(14-9-10-22-19(21-3)26-14)24-15-11-23-20(27-18(15)28)25-13-7-5-6-8-16(13)29-4/h5-12H,1-4H3,(H,21,22,26)(H,23,25,27). The van der Waals surface area contributed by atoms with E-state index in [1.165, 1.54) is 0 Å². The Morgan fingerprint density at radius 3 is 2.59 bits per heavy atom. The van der Waals surface area contributed by atoms with Gasteiger partial charge in [0.1, 0.15) is 17.0 Å². The molecule has 1 aromatic carbocycles. The van der Waals surface area contributed by atoms with Gasteiger partial charge in [0.15, 0.2) is 11.5 Å². The smallest absolute Gasteiger partial charge is 0.229 e.